The van der Waals surface area contributed by atoms with Crippen LogP contribution in [0.15, 0.2) is 30.5 Å². The second-order valence-electron chi connectivity index (χ2n) is 4.90. The average molecular weight is 307 g/mol. The Morgan fingerprint density at radius 1 is 1.39 bits per heavy atom. The molecular formula is C14H15BrN2O. The lowest BCUT2D eigenvalue weighted by Gasteiger charge is -2.16. The van der Waals surface area contributed by atoms with E-state index >= 15 is 0 Å². The summed E-state index contributed by atoms with van der Waals surface area (Å²) in [7, 11) is 0. The molecule has 1 saturated heterocycles. The van der Waals surface area contributed by atoms with Crippen molar-refractivity contribution in [2.45, 2.75) is 13.0 Å². The number of benzene rings is 1. The first-order chi connectivity index (χ1) is 8.76. The predicted molar refractivity (Wildman–Crippen MR) is 75.6 cm³/mol. The molecule has 1 aromatic heterocycles. The molecule has 0 bridgehead atoms. The molecule has 1 aromatic carbocycles. The van der Waals surface area contributed by atoms with Crippen LogP contribution in [0.5, 0.6) is 0 Å². The van der Waals surface area contributed by atoms with Gasteiger partial charge in [-0.05, 0) is 29.0 Å². The van der Waals surface area contributed by atoms with Crippen molar-refractivity contribution >= 4 is 32.7 Å². The summed E-state index contributed by atoms with van der Waals surface area (Å²) in [6, 6.07) is 8.39. The van der Waals surface area contributed by atoms with Crippen LogP contribution in [-0.4, -0.2) is 27.7 Å². The van der Waals surface area contributed by atoms with E-state index in [2.05, 4.69) is 45.2 Å². The van der Waals surface area contributed by atoms with Crippen LogP contribution < -0.4 is 0 Å². The Morgan fingerprint density at radius 2 is 2.28 bits per heavy atom. The van der Waals surface area contributed by atoms with Gasteiger partial charge in [0.1, 0.15) is 0 Å². The molecule has 1 aliphatic rings. The van der Waals surface area contributed by atoms with E-state index in [0.29, 0.717) is 12.3 Å². The standard InChI is InChI=1S/C14H15BrN2O/c15-7-11-6-14(18)17(9-11)8-10-1-2-12-3-4-16-13(12)5-10/h1-5,11,16H,6-9H2. The van der Waals surface area contributed by atoms with Gasteiger partial charge in [-0.1, -0.05) is 28.1 Å². The number of carbonyl (C=O) groups excluding carboxylic acids is 1. The van der Waals surface area contributed by atoms with Gasteiger partial charge in [0, 0.05) is 36.6 Å². The summed E-state index contributed by atoms with van der Waals surface area (Å²) in [4.78, 5) is 17.0. The molecule has 1 amide bonds. The van der Waals surface area contributed by atoms with Gasteiger partial charge < -0.3 is 9.88 Å². The largest absolute Gasteiger partial charge is 0.361 e. The first-order valence-corrected chi connectivity index (χ1v) is 7.28. The minimum Gasteiger partial charge on any atom is -0.361 e. The van der Waals surface area contributed by atoms with E-state index in [1.165, 1.54) is 10.9 Å². The third kappa shape index (κ3) is 2.17. The quantitative estimate of drug-likeness (QED) is 0.870. The number of carbonyl (C=O) groups is 1. The molecule has 0 aliphatic carbocycles. The molecule has 1 fully saturated rings. The normalized spacial score (nSPS) is 19.9. The summed E-state index contributed by atoms with van der Waals surface area (Å²) in [5.74, 6) is 0.734. The maximum Gasteiger partial charge on any atom is 0.223 e. The van der Waals surface area contributed by atoms with Gasteiger partial charge in [0.2, 0.25) is 5.91 Å². The van der Waals surface area contributed by atoms with Crippen molar-refractivity contribution in [1.29, 1.82) is 0 Å². The molecule has 2 heterocycles. The van der Waals surface area contributed by atoms with E-state index in [1.54, 1.807) is 0 Å². The molecule has 1 N–H and O–H groups in total. The second kappa shape index (κ2) is 4.76. The summed E-state index contributed by atoms with van der Waals surface area (Å²) in [6.07, 6.45) is 2.62. The monoisotopic (exact) mass is 306 g/mol. The van der Waals surface area contributed by atoms with Crippen molar-refractivity contribution in [3.8, 4) is 0 Å². The molecule has 1 aliphatic heterocycles. The van der Waals surface area contributed by atoms with Gasteiger partial charge in [-0.25, -0.2) is 0 Å². The van der Waals surface area contributed by atoms with Gasteiger partial charge in [-0.15, -0.1) is 0 Å². The van der Waals surface area contributed by atoms with Crippen LogP contribution in [0.3, 0.4) is 0 Å². The number of amides is 1. The number of nitrogens with zero attached hydrogens (tertiary/aromatic N) is 1. The fraction of sp³-hybridized carbons (Fsp3) is 0.357. The fourth-order valence-electron chi connectivity index (χ4n) is 2.52. The molecule has 4 heteroatoms. The van der Waals surface area contributed by atoms with Crippen LogP contribution in [0.1, 0.15) is 12.0 Å². The lowest BCUT2D eigenvalue weighted by atomic mass is 10.1. The number of rotatable bonds is 3. The number of nitrogens with one attached hydrogen (secondary N) is 1. The van der Waals surface area contributed by atoms with Crippen LogP contribution in [0.4, 0.5) is 0 Å². The highest BCUT2D eigenvalue weighted by atomic mass is 79.9. The highest BCUT2D eigenvalue weighted by Gasteiger charge is 2.28. The highest BCUT2D eigenvalue weighted by Crippen LogP contribution is 2.22. The number of alkyl halides is 1. The smallest absolute Gasteiger partial charge is 0.223 e. The third-order valence-corrected chi connectivity index (χ3v) is 4.42. The molecule has 0 radical (unpaired) electrons. The average Bonchev–Trinajstić information content (AvgIpc) is 2.96. The van der Waals surface area contributed by atoms with E-state index < -0.39 is 0 Å². The minimum atomic E-state index is 0.269. The zero-order valence-corrected chi connectivity index (χ0v) is 11.6. The zero-order chi connectivity index (χ0) is 12.5. The number of likely N-dealkylation sites (tertiary alicyclic amines) is 1. The topological polar surface area (TPSA) is 36.1 Å². The molecule has 0 spiro atoms. The van der Waals surface area contributed by atoms with Crippen molar-refractivity contribution in [1.82, 2.24) is 9.88 Å². The van der Waals surface area contributed by atoms with Crippen LogP contribution >= 0.6 is 15.9 Å². The Morgan fingerprint density at radius 3 is 3.06 bits per heavy atom. The zero-order valence-electron chi connectivity index (χ0n) is 10.0. The minimum absolute atomic E-state index is 0.269. The van der Waals surface area contributed by atoms with E-state index in [4.69, 9.17) is 0 Å². The second-order valence-corrected chi connectivity index (χ2v) is 5.55. The Kier molecular flexibility index (Phi) is 3.12. The lowest BCUT2D eigenvalue weighted by molar-refractivity contribution is -0.128. The maximum absolute atomic E-state index is 11.9. The van der Waals surface area contributed by atoms with Crippen LogP contribution in [-0.2, 0) is 11.3 Å². The van der Waals surface area contributed by atoms with Crippen molar-refractivity contribution in [2.75, 3.05) is 11.9 Å². The van der Waals surface area contributed by atoms with Crippen LogP contribution in [0, 0.1) is 5.92 Å². The van der Waals surface area contributed by atoms with E-state index in [1.807, 2.05) is 11.1 Å². The van der Waals surface area contributed by atoms with Gasteiger partial charge in [0.25, 0.3) is 0 Å². The first-order valence-electron chi connectivity index (χ1n) is 6.16. The molecule has 94 valence electrons. The van der Waals surface area contributed by atoms with Gasteiger partial charge in [0.15, 0.2) is 0 Å². The van der Waals surface area contributed by atoms with Crippen molar-refractivity contribution in [2.24, 2.45) is 5.92 Å². The summed E-state index contributed by atoms with van der Waals surface area (Å²) in [6.45, 7) is 1.59. The fourth-order valence-corrected chi connectivity index (χ4v) is 2.96. The molecule has 18 heavy (non-hydrogen) atoms. The Bertz CT molecular complexity index is 578. The van der Waals surface area contributed by atoms with Gasteiger partial charge in [0.05, 0.1) is 0 Å². The first kappa shape index (κ1) is 11.8. The van der Waals surface area contributed by atoms with E-state index in [0.717, 1.165) is 23.9 Å². The Hall–Kier alpha value is -1.29. The third-order valence-electron chi connectivity index (χ3n) is 3.51. The van der Waals surface area contributed by atoms with Crippen molar-refractivity contribution in [3.05, 3.63) is 36.0 Å². The van der Waals surface area contributed by atoms with Gasteiger partial charge in [-0.2, -0.15) is 0 Å². The number of fused-ring (bicyclic) bond motifs is 1. The highest BCUT2D eigenvalue weighted by molar-refractivity contribution is 9.09. The summed E-state index contributed by atoms with van der Waals surface area (Å²) in [5, 5.41) is 2.12. The van der Waals surface area contributed by atoms with Crippen LogP contribution in [0.2, 0.25) is 0 Å². The van der Waals surface area contributed by atoms with E-state index in [-0.39, 0.29) is 5.91 Å². The predicted octanol–water partition coefficient (Wildman–Crippen LogP) is 2.91. The lowest BCUT2D eigenvalue weighted by Crippen LogP contribution is -2.24. The number of aromatic nitrogens is 1. The number of halogens is 1. The molecule has 3 nitrogen and oxygen atoms in total. The molecule has 2 aromatic rings. The maximum atomic E-state index is 11.9. The summed E-state index contributed by atoms with van der Waals surface area (Å²) >= 11 is 3.46. The number of H-pyrrole nitrogens is 1. The summed E-state index contributed by atoms with van der Waals surface area (Å²) in [5.41, 5.74) is 2.32. The van der Waals surface area contributed by atoms with Crippen molar-refractivity contribution in [3.63, 3.8) is 0 Å². The molecular weight excluding hydrogens is 292 g/mol. The summed E-state index contributed by atoms with van der Waals surface area (Å²) < 4.78 is 0. The number of aromatic amines is 1. The SMILES string of the molecule is O=C1CC(CBr)CN1Cc1ccc2cc[nH]c2c1. The van der Waals surface area contributed by atoms with Crippen LogP contribution in [0.25, 0.3) is 10.9 Å². The van der Waals surface area contributed by atoms with Crippen molar-refractivity contribution < 1.29 is 4.79 Å². The van der Waals surface area contributed by atoms with Gasteiger partial charge >= 0.3 is 0 Å². The van der Waals surface area contributed by atoms with E-state index in [9.17, 15) is 4.79 Å². The molecule has 1 unspecified atom stereocenters. The Labute approximate surface area is 114 Å². The number of hydrogen-bond acceptors (Lipinski definition) is 1. The van der Waals surface area contributed by atoms with Gasteiger partial charge in [-0.3, -0.25) is 4.79 Å². The number of hydrogen-bond donors (Lipinski definition) is 1. The molecule has 0 saturated carbocycles. The molecule has 3 rings (SSSR count). The molecule has 1 atom stereocenters. The Balaban J connectivity index is 1.77.